The Morgan fingerprint density at radius 2 is 1.62 bits per heavy atom. The normalized spacial score (nSPS) is 12.5. The minimum atomic E-state index is 0.166. The molecule has 0 atom stereocenters. The lowest BCUT2D eigenvalue weighted by Crippen LogP contribution is -2.11. The zero-order chi connectivity index (χ0) is 15.7. The van der Waals surface area contributed by atoms with Crippen molar-refractivity contribution in [3.05, 3.63) is 53.7 Å². The van der Waals surface area contributed by atoms with Gasteiger partial charge in [0.1, 0.15) is 0 Å². The molecule has 1 heteroatoms. The largest absolute Gasteiger partial charge is 0.256 e. The molecular formula is C20H27N. The van der Waals surface area contributed by atoms with Gasteiger partial charge in [-0.1, -0.05) is 59.7 Å². The summed E-state index contributed by atoms with van der Waals surface area (Å²) >= 11 is 0. The molecule has 1 aromatic carbocycles. The Labute approximate surface area is 129 Å². The number of benzene rings is 1. The average molecular weight is 281 g/mol. The Kier molecular flexibility index (Phi) is 4.22. The minimum Gasteiger partial charge on any atom is -0.256 e. The minimum absolute atomic E-state index is 0.166. The van der Waals surface area contributed by atoms with Gasteiger partial charge in [-0.3, -0.25) is 4.98 Å². The highest BCUT2D eigenvalue weighted by Crippen LogP contribution is 2.28. The molecule has 112 valence electrons. The van der Waals surface area contributed by atoms with E-state index in [2.05, 4.69) is 82.9 Å². The zero-order valence-electron chi connectivity index (χ0n) is 14.2. The van der Waals surface area contributed by atoms with Crippen LogP contribution >= 0.6 is 0 Å². The van der Waals surface area contributed by atoms with Crippen molar-refractivity contribution in [3.63, 3.8) is 0 Å². The van der Waals surface area contributed by atoms with E-state index in [0.29, 0.717) is 5.41 Å². The first-order chi connectivity index (χ1) is 9.65. The van der Waals surface area contributed by atoms with Crippen LogP contribution in [0.5, 0.6) is 0 Å². The molecule has 1 aromatic heterocycles. The van der Waals surface area contributed by atoms with Gasteiger partial charge in [0.15, 0.2) is 0 Å². The molecule has 0 N–H and O–H groups in total. The molecule has 2 rings (SSSR count). The van der Waals surface area contributed by atoms with Gasteiger partial charge in [-0.15, -0.1) is 0 Å². The predicted molar refractivity (Wildman–Crippen MR) is 91.5 cm³/mol. The van der Waals surface area contributed by atoms with E-state index >= 15 is 0 Å². The molecule has 1 heterocycles. The Morgan fingerprint density at radius 3 is 2.24 bits per heavy atom. The zero-order valence-corrected chi connectivity index (χ0v) is 14.2. The maximum absolute atomic E-state index is 4.56. The molecule has 0 saturated carbocycles. The summed E-state index contributed by atoms with van der Waals surface area (Å²) in [5, 5.41) is 0. The summed E-state index contributed by atoms with van der Waals surface area (Å²) < 4.78 is 0. The van der Waals surface area contributed by atoms with E-state index in [1.165, 1.54) is 16.7 Å². The standard InChI is InChI=1S/C20H27N/c1-19(2,3)14-15-10-11-21-18(12-15)16-8-7-9-17(13-16)20(4,5)6/h7-13H,14H2,1-6H3. The third-order valence-corrected chi connectivity index (χ3v) is 3.58. The van der Waals surface area contributed by atoms with Crippen LogP contribution in [-0.2, 0) is 11.8 Å². The average Bonchev–Trinajstić information content (AvgIpc) is 2.36. The van der Waals surface area contributed by atoms with Crippen molar-refractivity contribution in [1.82, 2.24) is 4.98 Å². The van der Waals surface area contributed by atoms with Crippen LogP contribution in [0.25, 0.3) is 11.3 Å². The van der Waals surface area contributed by atoms with E-state index in [-0.39, 0.29) is 5.41 Å². The molecule has 0 bridgehead atoms. The van der Waals surface area contributed by atoms with Crippen molar-refractivity contribution in [3.8, 4) is 11.3 Å². The Morgan fingerprint density at radius 1 is 0.905 bits per heavy atom. The fourth-order valence-corrected chi connectivity index (χ4v) is 2.50. The van der Waals surface area contributed by atoms with Crippen molar-refractivity contribution in [1.29, 1.82) is 0 Å². The van der Waals surface area contributed by atoms with Crippen LogP contribution in [0.15, 0.2) is 42.6 Å². The third kappa shape index (κ3) is 4.42. The Balaban J connectivity index is 2.37. The third-order valence-electron chi connectivity index (χ3n) is 3.58. The summed E-state index contributed by atoms with van der Waals surface area (Å²) in [6, 6.07) is 13.1. The maximum Gasteiger partial charge on any atom is 0.0704 e. The molecule has 0 spiro atoms. The van der Waals surface area contributed by atoms with E-state index in [1.807, 2.05) is 6.20 Å². The number of pyridine rings is 1. The number of aromatic nitrogens is 1. The monoisotopic (exact) mass is 281 g/mol. The van der Waals surface area contributed by atoms with Crippen LogP contribution in [-0.4, -0.2) is 4.98 Å². The number of hydrogen-bond donors (Lipinski definition) is 0. The summed E-state index contributed by atoms with van der Waals surface area (Å²) in [7, 11) is 0. The first-order valence-electron chi connectivity index (χ1n) is 7.71. The van der Waals surface area contributed by atoms with Gasteiger partial charge in [0.2, 0.25) is 0 Å². The molecule has 0 fully saturated rings. The summed E-state index contributed by atoms with van der Waals surface area (Å²) in [5.74, 6) is 0. The lowest BCUT2D eigenvalue weighted by atomic mass is 9.85. The molecule has 0 aliphatic rings. The Bertz CT molecular complexity index is 612. The van der Waals surface area contributed by atoms with Gasteiger partial charge < -0.3 is 0 Å². The van der Waals surface area contributed by atoms with Gasteiger partial charge in [-0.05, 0) is 46.6 Å². The number of hydrogen-bond acceptors (Lipinski definition) is 1. The van der Waals surface area contributed by atoms with E-state index in [1.54, 1.807) is 0 Å². The van der Waals surface area contributed by atoms with Gasteiger partial charge in [0.05, 0.1) is 5.69 Å². The van der Waals surface area contributed by atoms with Gasteiger partial charge in [-0.25, -0.2) is 0 Å². The highest BCUT2D eigenvalue weighted by molar-refractivity contribution is 5.61. The van der Waals surface area contributed by atoms with Gasteiger partial charge in [0.25, 0.3) is 0 Å². The summed E-state index contributed by atoms with van der Waals surface area (Å²) in [5.41, 5.74) is 5.45. The van der Waals surface area contributed by atoms with Crippen LogP contribution in [0.1, 0.15) is 52.7 Å². The molecule has 0 radical (unpaired) electrons. The quantitative estimate of drug-likeness (QED) is 0.694. The van der Waals surface area contributed by atoms with Crippen LogP contribution in [0.4, 0.5) is 0 Å². The lowest BCUT2D eigenvalue weighted by molar-refractivity contribution is 0.411. The highest BCUT2D eigenvalue weighted by atomic mass is 14.7. The van der Waals surface area contributed by atoms with E-state index < -0.39 is 0 Å². The molecule has 0 aliphatic carbocycles. The van der Waals surface area contributed by atoms with Crippen LogP contribution in [0.3, 0.4) is 0 Å². The van der Waals surface area contributed by atoms with Crippen molar-refractivity contribution in [2.24, 2.45) is 5.41 Å². The molecule has 0 amide bonds. The fraction of sp³-hybridized carbons (Fsp3) is 0.450. The van der Waals surface area contributed by atoms with Crippen LogP contribution < -0.4 is 0 Å². The summed E-state index contributed by atoms with van der Waals surface area (Å²) in [6.07, 6.45) is 3.00. The maximum atomic E-state index is 4.56. The topological polar surface area (TPSA) is 12.9 Å². The molecule has 2 aromatic rings. The second-order valence-electron chi connectivity index (χ2n) is 8.12. The van der Waals surface area contributed by atoms with Crippen LogP contribution in [0, 0.1) is 5.41 Å². The fourth-order valence-electron chi connectivity index (χ4n) is 2.50. The number of rotatable bonds is 2. The van der Waals surface area contributed by atoms with Crippen molar-refractivity contribution < 1.29 is 0 Å². The molecular weight excluding hydrogens is 254 g/mol. The molecule has 21 heavy (non-hydrogen) atoms. The molecule has 1 nitrogen and oxygen atoms in total. The van der Waals surface area contributed by atoms with Crippen LogP contribution in [0.2, 0.25) is 0 Å². The first-order valence-corrected chi connectivity index (χ1v) is 7.71. The SMILES string of the molecule is CC(C)(C)Cc1ccnc(-c2cccc(C(C)(C)C)c2)c1. The van der Waals surface area contributed by atoms with E-state index in [0.717, 1.165) is 12.1 Å². The van der Waals surface area contributed by atoms with Crippen molar-refractivity contribution in [2.75, 3.05) is 0 Å². The predicted octanol–water partition coefficient (Wildman–Crippen LogP) is 5.63. The number of nitrogens with zero attached hydrogens (tertiary/aromatic N) is 1. The second kappa shape index (κ2) is 5.63. The smallest absolute Gasteiger partial charge is 0.0704 e. The van der Waals surface area contributed by atoms with E-state index in [9.17, 15) is 0 Å². The summed E-state index contributed by atoms with van der Waals surface area (Å²) in [4.78, 5) is 4.56. The van der Waals surface area contributed by atoms with Crippen molar-refractivity contribution in [2.45, 2.75) is 53.4 Å². The summed E-state index contributed by atoms with van der Waals surface area (Å²) in [6.45, 7) is 13.6. The van der Waals surface area contributed by atoms with E-state index in [4.69, 9.17) is 0 Å². The molecule has 0 aliphatic heterocycles. The van der Waals surface area contributed by atoms with Gasteiger partial charge >= 0.3 is 0 Å². The second-order valence-corrected chi connectivity index (χ2v) is 8.12. The van der Waals surface area contributed by atoms with Gasteiger partial charge in [0, 0.05) is 11.8 Å². The molecule has 0 saturated heterocycles. The highest BCUT2D eigenvalue weighted by Gasteiger charge is 2.15. The van der Waals surface area contributed by atoms with Crippen molar-refractivity contribution >= 4 is 0 Å². The first kappa shape index (κ1) is 15.8. The van der Waals surface area contributed by atoms with Gasteiger partial charge in [-0.2, -0.15) is 0 Å². The lowest BCUT2D eigenvalue weighted by Gasteiger charge is -2.20. The molecule has 0 unspecified atom stereocenters. The Hall–Kier alpha value is -1.63.